The minimum atomic E-state index is -0.165. The number of ether oxygens (including phenoxy) is 1. The van der Waals surface area contributed by atoms with Crippen LogP contribution in [0.15, 0.2) is 47.5 Å². The van der Waals surface area contributed by atoms with Gasteiger partial charge in [0.25, 0.3) is 5.56 Å². The average molecular weight is 364 g/mol. The van der Waals surface area contributed by atoms with Crippen LogP contribution in [0.4, 0.5) is 5.95 Å². The third kappa shape index (κ3) is 3.26. The highest BCUT2D eigenvalue weighted by molar-refractivity contribution is 6.02. The molecule has 4 rings (SSSR count). The maximum Gasteiger partial charge on any atom is 0.267 e. The molecule has 138 valence electrons. The van der Waals surface area contributed by atoms with Gasteiger partial charge in [-0.3, -0.25) is 14.5 Å². The van der Waals surface area contributed by atoms with E-state index in [0.717, 1.165) is 37.1 Å². The first-order valence-corrected chi connectivity index (χ1v) is 8.82. The molecule has 0 unspecified atom stereocenters. The number of H-pyrrole nitrogens is 1. The first-order chi connectivity index (χ1) is 13.3. The van der Waals surface area contributed by atoms with Gasteiger partial charge in [0.1, 0.15) is 0 Å². The van der Waals surface area contributed by atoms with Crippen molar-refractivity contribution < 1.29 is 4.74 Å². The minimum absolute atomic E-state index is 0.165. The first kappa shape index (κ1) is 17.2. The average Bonchev–Trinajstić information content (AvgIpc) is 3.19. The molecular formula is C19H20N6O2. The molecule has 0 saturated heterocycles. The number of para-hydroxylation sites is 1. The van der Waals surface area contributed by atoms with Gasteiger partial charge in [-0.1, -0.05) is 18.2 Å². The number of hydrogen-bond acceptors (Lipinski definition) is 6. The zero-order valence-electron chi connectivity index (χ0n) is 15.0. The number of aromatic nitrogens is 5. The zero-order chi connectivity index (χ0) is 18.6. The second-order valence-corrected chi connectivity index (χ2v) is 6.19. The standard InChI is InChI=1S/C19H20N6O2/c1-27-10-6-5-9-20-19-21-11-14-16-15(12-22-24-16)18(26)25(17(14)23-19)13-7-3-2-4-8-13/h2-4,7-8,11-12H,5-6,9-10H2,1H3,(H,22,24)(H,20,21,23). The summed E-state index contributed by atoms with van der Waals surface area (Å²) in [4.78, 5) is 22.1. The number of nitrogens with one attached hydrogen (secondary N) is 2. The summed E-state index contributed by atoms with van der Waals surface area (Å²) in [5, 5.41) is 11.4. The highest BCUT2D eigenvalue weighted by Crippen LogP contribution is 2.22. The van der Waals surface area contributed by atoms with Gasteiger partial charge in [0.2, 0.25) is 5.95 Å². The molecule has 0 atom stereocenters. The topological polar surface area (TPSA) is 97.7 Å². The third-order valence-corrected chi connectivity index (χ3v) is 4.40. The molecule has 0 aliphatic carbocycles. The number of rotatable bonds is 7. The van der Waals surface area contributed by atoms with Gasteiger partial charge in [-0.2, -0.15) is 10.1 Å². The van der Waals surface area contributed by atoms with Gasteiger partial charge in [0, 0.05) is 26.5 Å². The number of fused-ring (bicyclic) bond motifs is 3. The van der Waals surface area contributed by atoms with E-state index in [1.165, 1.54) is 0 Å². The molecule has 0 aliphatic heterocycles. The van der Waals surface area contributed by atoms with Crippen molar-refractivity contribution >= 4 is 27.9 Å². The Morgan fingerprint density at radius 2 is 2.00 bits per heavy atom. The van der Waals surface area contributed by atoms with Crippen molar-refractivity contribution in [3.63, 3.8) is 0 Å². The van der Waals surface area contributed by atoms with Crippen LogP contribution in [0.25, 0.3) is 27.6 Å². The van der Waals surface area contributed by atoms with E-state index >= 15 is 0 Å². The second kappa shape index (κ2) is 7.55. The molecule has 4 aromatic rings. The van der Waals surface area contributed by atoms with Crippen molar-refractivity contribution in [2.45, 2.75) is 12.8 Å². The Morgan fingerprint density at radius 3 is 2.81 bits per heavy atom. The smallest absolute Gasteiger partial charge is 0.267 e. The molecular weight excluding hydrogens is 344 g/mol. The van der Waals surface area contributed by atoms with Gasteiger partial charge in [-0.05, 0) is 25.0 Å². The van der Waals surface area contributed by atoms with E-state index in [1.54, 1.807) is 24.1 Å². The molecule has 0 fully saturated rings. The van der Waals surface area contributed by atoms with Crippen LogP contribution < -0.4 is 10.9 Å². The van der Waals surface area contributed by atoms with Gasteiger partial charge in [0.05, 0.1) is 28.2 Å². The second-order valence-electron chi connectivity index (χ2n) is 6.19. The summed E-state index contributed by atoms with van der Waals surface area (Å²) in [6.07, 6.45) is 5.17. The Morgan fingerprint density at radius 1 is 1.15 bits per heavy atom. The zero-order valence-corrected chi connectivity index (χ0v) is 15.0. The fraction of sp³-hybridized carbons (Fsp3) is 0.263. The number of hydrogen-bond donors (Lipinski definition) is 2. The Labute approximate surface area is 155 Å². The van der Waals surface area contributed by atoms with Crippen LogP contribution in [0, 0.1) is 0 Å². The Hall–Kier alpha value is -3.26. The number of methoxy groups -OCH3 is 1. The molecule has 8 nitrogen and oxygen atoms in total. The molecule has 1 aromatic carbocycles. The molecule has 0 amide bonds. The highest BCUT2D eigenvalue weighted by atomic mass is 16.5. The van der Waals surface area contributed by atoms with Crippen molar-refractivity contribution in [3.8, 4) is 5.69 Å². The summed E-state index contributed by atoms with van der Waals surface area (Å²) >= 11 is 0. The largest absolute Gasteiger partial charge is 0.385 e. The summed E-state index contributed by atoms with van der Waals surface area (Å²) in [6.45, 7) is 1.46. The lowest BCUT2D eigenvalue weighted by Crippen LogP contribution is -2.20. The summed E-state index contributed by atoms with van der Waals surface area (Å²) in [5.41, 5.74) is 1.77. The quantitative estimate of drug-likeness (QED) is 0.489. The van der Waals surface area contributed by atoms with Crippen LogP contribution >= 0.6 is 0 Å². The van der Waals surface area contributed by atoms with Gasteiger partial charge in [-0.25, -0.2) is 4.98 Å². The molecule has 0 aliphatic rings. The van der Waals surface area contributed by atoms with E-state index < -0.39 is 0 Å². The van der Waals surface area contributed by atoms with Crippen LogP contribution in [-0.2, 0) is 4.74 Å². The number of anilines is 1. The van der Waals surface area contributed by atoms with Crippen LogP contribution in [0.5, 0.6) is 0 Å². The summed E-state index contributed by atoms with van der Waals surface area (Å²) in [7, 11) is 1.69. The minimum Gasteiger partial charge on any atom is -0.385 e. The number of benzene rings is 1. The SMILES string of the molecule is COCCCCNc1ncc2c3[nH]ncc3c(=O)n(-c3ccccc3)c2n1. The predicted octanol–water partition coefficient (Wildman–Crippen LogP) is 2.50. The molecule has 3 aromatic heterocycles. The van der Waals surface area contributed by atoms with Gasteiger partial charge < -0.3 is 10.1 Å². The number of nitrogens with zero attached hydrogens (tertiary/aromatic N) is 4. The molecule has 27 heavy (non-hydrogen) atoms. The monoisotopic (exact) mass is 364 g/mol. The van der Waals surface area contributed by atoms with E-state index in [2.05, 4.69) is 25.5 Å². The lowest BCUT2D eigenvalue weighted by Gasteiger charge is -2.12. The molecule has 0 bridgehead atoms. The molecule has 8 heteroatoms. The predicted molar refractivity (Wildman–Crippen MR) is 104 cm³/mol. The number of pyridine rings is 1. The van der Waals surface area contributed by atoms with E-state index in [9.17, 15) is 4.79 Å². The normalized spacial score (nSPS) is 11.3. The maximum atomic E-state index is 13.1. The van der Waals surface area contributed by atoms with Crippen molar-refractivity contribution in [1.29, 1.82) is 0 Å². The van der Waals surface area contributed by atoms with E-state index in [-0.39, 0.29) is 5.56 Å². The molecule has 2 N–H and O–H groups in total. The van der Waals surface area contributed by atoms with Gasteiger partial charge >= 0.3 is 0 Å². The maximum absolute atomic E-state index is 13.1. The molecule has 0 spiro atoms. The number of aromatic amines is 1. The molecule has 0 saturated carbocycles. The summed E-state index contributed by atoms with van der Waals surface area (Å²) in [6, 6.07) is 9.46. The van der Waals surface area contributed by atoms with Gasteiger partial charge in [-0.15, -0.1) is 0 Å². The van der Waals surface area contributed by atoms with E-state index in [4.69, 9.17) is 4.74 Å². The van der Waals surface area contributed by atoms with Gasteiger partial charge in [0.15, 0.2) is 5.65 Å². The van der Waals surface area contributed by atoms with E-state index in [0.29, 0.717) is 22.5 Å². The first-order valence-electron chi connectivity index (χ1n) is 8.82. The van der Waals surface area contributed by atoms with Crippen LogP contribution in [0.2, 0.25) is 0 Å². The Bertz CT molecular complexity index is 1120. The van der Waals surface area contributed by atoms with Crippen molar-refractivity contribution in [2.75, 3.05) is 25.6 Å². The third-order valence-electron chi connectivity index (χ3n) is 4.40. The fourth-order valence-corrected chi connectivity index (χ4v) is 3.06. The Balaban J connectivity index is 1.81. The van der Waals surface area contributed by atoms with E-state index in [1.807, 2.05) is 30.3 Å². The highest BCUT2D eigenvalue weighted by Gasteiger charge is 2.15. The van der Waals surface area contributed by atoms with Crippen LogP contribution in [0.1, 0.15) is 12.8 Å². The fourth-order valence-electron chi connectivity index (χ4n) is 3.06. The van der Waals surface area contributed by atoms with Crippen LogP contribution in [0.3, 0.4) is 0 Å². The summed E-state index contributed by atoms with van der Waals surface area (Å²) in [5.74, 6) is 0.489. The summed E-state index contributed by atoms with van der Waals surface area (Å²) < 4.78 is 6.66. The number of unbranched alkanes of at least 4 members (excludes halogenated alkanes) is 1. The van der Waals surface area contributed by atoms with Crippen LogP contribution in [-0.4, -0.2) is 45.0 Å². The lowest BCUT2D eigenvalue weighted by atomic mass is 10.2. The van der Waals surface area contributed by atoms with Crippen molar-refractivity contribution in [2.24, 2.45) is 0 Å². The van der Waals surface area contributed by atoms with Crippen molar-refractivity contribution in [3.05, 3.63) is 53.1 Å². The Kier molecular flexibility index (Phi) is 4.80. The molecule has 0 radical (unpaired) electrons. The lowest BCUT2D eigenvalue weighted by molar-refractivity contribution is 0.193. The van der Waals surface area contributed by atoms with Crippen molar-refractivity contribution in [1.82, 2.24) is 24.7 Å². The molecule has 3 heterocycles.